The summed E-state index contributed by atoms with van der Waals surface area (Å²) in [7, 11) is 0. The van der Waals surface area contributed by atoms with Crippen molar-refractivity contribution in [2.75, 3.05) is 23.8 Å². The first-order valence-electron chi connectivity index (χ1n) is 5.53. The van der Waals surface area contributed by atoms with Crippen molar-refractivity contribution < 1.29 is 4.39 Å². The molecule has 0 amide bonds. The molecule has 1 fully saturated rings. The van der Waals surface area contributed by atoms with Crippen LogP contribution in [0, 0.1) is 5.82 Å². The lowest BCUT2D eigenvalue weighted by Gasteiger charge is -2.33. The smallest absolute Gasteiger partial charge is 0.146 e. The van der Waals surface area contributed by atoms with Crippen LogP contribution in [-0.2, 0) is 6.54 Å². The van der Waals surface area contributed by atoms with Gasteiger partial charge in [0.1, 0.15) is 5.82 Å². The maximum Gasteiger partial charge on any atom is 0.146 e. The Kier molecular flexibility index (Phi) is 3.71. The molecule has 1 unspecified atom stereocenters. The summed E-state index contributed by atoms with van der Waals surface area (Å²) in [4.78, 5) is 2.36. The predicted molar refractivity (Wildman–Crippen MR) is 68.0 cm³/mol. The largest absolute Gasteiger partial charge is 0.396 e. The Morgan fingerprint density at radius 3 is 3.12 bits per heavy atom. The van der Waals surface area contributed by atoms with E-state index in [2.05, 4.69) is 11.8 Å². The minimum absolute atomic E-state index is 0.299. The summed E-state index contributed by atoms with van der Waals surface area (Å²) in [5.41, 5.74) is 6.94. The summed E-state index contributed by atoms with van der Waals surface area (Å²) in [6.45, 7) is 4.02. The standard InChI is InChI=1S/C12H17FN2S/c1-9-8-16-6-5-15(9)7-10-3-2-4-11(13)12(10)14/h2-4,9H,5-8,14H2,1H3. The van der Waals surface area contributed by atoms with Gasteiger partial charge in [-0.2, -0.15) is 11.8 Å². The highest BCUT2D eigenvalue weighted by molar-refractivity contribution is 7.99. The fraction of sp³-hybridized carbons (Fsp3) is 0.500. The second-order valence-corrected chi connectivity index (χ2v) is 5.36. The average molecular weight is 240 g/mol. The molecular weight excluding hydrogens is 223 g/mol. The van der Waals surface area contributed by atoms with E-state index in [0.717, 1.165) is 30.2 Å². The Labute approximate surface area is 100 Å². The van der Waals surface area contributed by atoms with Crippen LogP contribution < -0.4 is 5.73 Å². The Morgan fingerprint density at radius 1 is 1.56 bits per heavy atom. The lowest BCUT2D eigenvalue weighted by atomic mass is 10.1. The number of benzene rings is 1. The van der Waals surface area contributed by atoms with E-state index in [1.54, 1.807) is 6.07 Å². The van der Waals surface area contributed by atoms with Crippen molar-refractivity contribution in [1.82, 2.24) is 4.90 Å². The van der Waals surface area contributed by atoms with Gasteiger partial charge in [0, 0.05) is 30.6 Å². The number of hydrogen-bond acceptors (Lipinski definition) is 3. The molecule has 4 heteroatoms. The van der Waals surface area contributed by atoms with Crippen molar-refractivity contribution in [2.24, 2.45) is 0 Å². The lowest BCUT2D eigenvalue weighted by molar-refractivity contribution is 0.224. The second-order valence-electron chi connectivity index (χ2n) is 4.21. The van der Waals surface area contributed by atoms with E-state index >= 15 is 0 Å². The van der Waals surface area contributed by atoms with Gasteiger partial charge in [0.25, 0.3) is 0 Å². The van der Waals surface area contributed by atoms with E-state index in [9.17, 15) is 4.39 Å². The summed E-state index contributed by atoms with van der Waals surface area (Å²) in [5, 5.41) is 0. The number of hydrogen-bond donors (Lipinski definition) is 1. The first-order valence-corrected chi connectivity index (χ1v) is 6.68. The first kappa shape index (κ1) is 11.7. The van der Waals surface area contributed by atoms with Crippen molar-refractivity contribution in [3.05, 3.63) is 29.6 Å². The highest BCUT2D eigenvalue weighted by Crippen LogP contribution is 2.22. The van der Waals surface area contributed by atoms with Gasteiger partial charge in [-0.05, 0) is 18.6 Å². The molecular formula is C12H17FN2S. The van der Waals surface area contributed by atoms with Crippen LogP contribution >= 0.6 is 11.8 Å². The van der Waals surface area contributed by atoms with E-state index in [4.69, 9.17) is 5.73 Å². The molecule has 0 radical (unpaired) electrons. The molecule has 2 nitrogen and oxygen atoms in total. The maximum absolute atomic E-state index is 13.3. The maximum atomic E-state index is 13.3. The first-order chi connectivity index (χ1) is 7.68. The summed E-state index contributed by atoms with van der Waals surface area (Å²) in [6.07, 6.45) is 0. The zero-order valence-electron chi connectivity index (χ0n) is 9.45. The van der Waals surface area contributed by atoms with Gasteiger partial charge in [-0.25, -0.2) is 4.39 Å². The van der Waals surface area contributed by atoms with Crippen molar-refractivity contribution in [3.8, 4) is 0 Å². The normalized spacial score (nSPS) is 22.2. The quantitative estimate of drug-likeness (QED) is 0.805. The average Bonchev–Trinajstić information content (AvgIpc) is 2.28. The molecule has 16 heavy (non-hydrogen) atoms. The van der Waals surface area contributed by atoms with Crippen molar-refractivity contribution >= 4 is 17.4 Å². The van der Waals surface area contributed by atoms with Gasteiger partial charge in [-0.3, -0.25) is 4.90 Å². The van der Waals surface area contributed by atoms with Crippen LogP contribution in [0.3, 0.4) is 0 Å². The van der Waals surface area contributed by atoms with Crippen LogP contribution in [0.25, 0.3) is 0 Å². The van der Waals surface area contributed by atoms with E-state index in [-0.39, 0.29) is 5.82 Å². The van der Waals surface area contributed by atoms with E-state index in [0.29, 0.717) is 11.7 Å². The summed E-state index contributed by atoms with van der Waals surface area (Å²) >= 11 is 1.98. The number of thioether (sulfide) groups is 1. The molecule has 0 bridgehead atoms. The van der Waals surface area contributed by atoms with Gasteiger partial charge in [-0.15, -0.1) is 0 Å². The predicted octanol–water partition coefficient (Wildman–Crippen LogP) is 2.35. The molecule has 0 aliphatic carbocycles. The molecule has 1 aromatic rings. The molecule has 88 valence electrons. The van der Waals surface area contributed by atoms with Crippen LogP contribution in [0.2, 0.25) is 0 Å². The number of anilines is 1. The Morgan fingerprint density at radius 2 is 2.38 bits per heavy atom. The van der Waals surface area contributed by atoms with Crippen LogP contribution in [0.1, 0.15) is 12.5 Å². The number of nitrogen functional groups attached to an aromatic ring is 1. The zero-order valence-corrected chi connectivity index (χ0v) is 10.3. The van der Waals surface area contributed by atoms with Gasteiger partial charge in [-0.1, -0.05) is 12.1 Å². The molecule has 1 aromatic carbocycles. The van der Waals surface area contributed by atoms with Gasteiger partial charge in [0.05, 0.1) is 5.69 Å². The molecule has 1 atom stereocenters. The number of nitrogens with zero attached hydrogens (tertiary/aromatic N) is 1. The van der Waals surface area contributed by atoms with E-state index < -0.39 is 0 Å². The Balaban J connectivity index is 2.10. The van der Waals surface area contributed by atoms with Crippen molar-refractivity contribution in [1.29, 1.82) is 0 Å². The van der Waals surface area contributed by atoms with Crippen LogP contribution in [0.5, 0.6) is 0 Å². The molecule has 1 aliphatic heterocycles. The van der Waals surface area contributed by atoms with Crippen molar-refractivity contribution in [3.63, 3.8) is 0 Å². The van der Waals surface area contributed by atoms with Gasteiger partial charge < -0.3 is 5.73 Å². The second kappa shape index (κ2) is 5.06. The van der Waals surface area contributed by atoms with Gasteiger partial charge in [0.2, 0.25) is 0 Å². The van der Waals surface area contributed by atoms with E-state index in [1.165, 1.54) is 6.07 Å². The molecule has 2 rings (SSSR count). The summed E-state index contributed by atoms with van der Waals surface area (Å²) < 4.78 is 13.3. The highest BCUT2D eigenvalue weighted by atomic mass is 32.2. The molecule has 1 saturated heterocycles. The monoisotopic (exact) mass is 240 g/mol. The fourth-order valence-electron chi connectivity index (χ4n) is 1.93. The topological polar surface area (TPSA) is 29.3 Å². The minimum Gasteiger partial charge on any atom is -0.396 e. The Bertz CT molecular complexity index is 370. The number of nitrogens with two attached hydrogens (primary N) is 1. The van der Waals surface area contributed by atoms with Gasteiger partial charge in [0.15, 0.2) is 0 Å². The zero-order chi connectivity index (χ0) is 11.5. The molecule has 0 spiro atoms. The number of para-hydroxylation sites is 1. The third-order valence-corrected chi connectivity index (χ3v) is 4.21. The van der Waals surface area contributed by atoms with Crippen LogP contribution in [0.4, 0.5) is 10.1 Å². The van der Waals surface area contributed by atoms with Crippen molar-refractivity contribution in [2.45, 2.75) is 19.5 Å². The highest BCUT2D eigenvalue weighted by Gasteiger charge is 2.19. The lowest BCUT2D eigenvalue weighted by Crippen LogP contribution is -2.39. The number of rotatable bonds is 2. The summed E-state index contributed by atoms with van der Waals surface area (Å²) in [5.74, 6) is 1.99. The SMILES string of the molecule is CC1CSCCN1Cc1cccc(F)c1N. The minimum atomic E-state index is -0.309. The molecule has 1 aliphatic rings. The Hall–Kier alpha value is -0.740. The van der Waals surface area contributed by atoms with Gasteiger partial charge >= 0.3 is 0 Å². The summed E-state index contributed by atoms with van der Waals surface area (Å²) in [6, 6.07) is 5.59. The fourth-order valence-corrected chi connectivity index (χ4v) is 3.02. The van der Waals surface area contributed by atoms with Crippen LogP contribution in [-0.4, -0.2) is 29.0 Å². The third kappa shape index (κ3) is 2.50. The molecule has 2 N–H and O–H groups in total. The molecule has 0 aromatic heterocycles. The molecule has 0 saturated carbocycles. The van der Waals surface area contributed by atoms with E-state index in [1.807, 2.05) is 17.8 Å². The van der Waals surface area contributed by atoms with Crippen LogP contribution in [0.15, 0.2) is 18.2 Å². The number of halogens is 1. The third-order valence-electron chi connectivity index (χ3n) is 3.02. The molecule has 1 heterocycles.